The number of hydrogen-bond acceptors (Lipinski definition) is 9. The molecule has 0 unspecified atom stereocenters. The third-order valence-corrected chi connectivity index (χ3v) is 6.05. The molecule has 3 rings (SSSR count). The minimum absolute atomic E-state index is 0.0357. The minimum atomic E-state index is -4.30. The molecular weight excluding hydrogens is 550 g/mol. The number of aromatic nitrogens is 2. The molecule has 208 valence electrons. The Hall–Kier alpha value is -4.23. The molecule has 0 radical (unpaired) electrons. The van der Waals surface area contributed by atoms with E-state index in [-0.39, 0.29) is 22.5 Å². The van der Waals surface area contributed by atoms with E-state index in [1.807, 2.05) is 4.72 Å². The van der Waals surface area contributed by atoms with Gasteiger partial charge in [0.05, 0.1) is 18.8 Å². The van der Waals surface area contributed by atoms with Gasteiger partial charge in [-0.25, -0.2) is 37.5 Å². The summed E-state index contributed by atoms with van der Waals surface area (Å²) in [6, 6.07) is 12.9. The van der Waals surface area contributed by atoms with Crippen LogP contribution in [-0.2, 0) is 19.5 Å². The number of anilines is 2. The predicted molar refractivity (Wildman–Crippen MR) is 145 cm³/mol. The van der Waals surface area contributed by atoms with Gasteiger partial charge >= 0.3 is 18.1 Å². The fraction of sp³-hybridized carbons (Fsp3) is 0.240. The normalized spacial score (nSPS) is 10.5. The summed E-state index contributed by atoms with van der Waals surface area (Å²) in [4.78, 5) is 42.4. The maximum absolute atomic E-state index is 12.4. The number of carbonyl (C=O) groups excluding carboxylic acids is 3. The summed E-state index contributed by atoms with van der Waals surface area (Å²) in [6.07, 6.45) is -0.601. The van der Waals surface area contributed by atoms with E-state index < -0.39 is 28.1 Å². The first kappa shape index (κ1) is 31.0. The zero-order valence-corrected chi connectivity index (χ0v) is 23.4. The fourth-order valence-corrected chi connectivity index (χ4v) is 4.29. The number of hydrogen-bond donors (Lipinski definition) is 3. The van der Waals surface area contributed by atoms with Crippen molar-refractivity contribution in [2.45, 2.75) is 38.7 Å². The molecular formula is C25H28ClN5O7S. The number of nitrogens with one attached hydrogen (secondary N) is 3. The number of urea groups is 1. The number of sulfonamides is 1. The number of esters is 1. The summed E-state index contributed by atoms with van der Waals surface area (Å²) in [5.74, 6) is -0.870. The van der Waals surface area contributed by atoms with Crippen LogP contribution in [0.4, 0.5) is 21.2 Å². The Morgan fingerprint density at radius 3 is 2.15 bits per heavy atom. The molecule has 0 aliphatic carbocycles. The second-order valence-electron chi connectivity index (χ2n) is 8.11. The molecule has 0 saturated heterocycles. The Labute approximate surface area is 231 Å². The van der Waals surface area contributed by atoms with E-state index >= 15 is 0 Å². The highest BCUT2D eigenvalue weighted by atomic mass is 35.5. The maximum atomic E-state index is 12.4. The molecule has 3 aromatic rings. The quantitative estimate of drug-likeness (QED) is 0.352. The molecule has 2 aromatic carbocycles. The lowest BCUT2D eigenvalue weighted by molar-refractivity contribution is 0.0596. The lowest BCUT2D eigenvalue weighted by Crippen LogP contribution is -2.35. The molecule has 0 saturated carbocycles. The zero-order chi connectivity index (χ0) is 29.2. The summed E-state index contributed by atoms with van der Waals surface area (Å²) >= 11 is 5.74. The summed E-state index contributed by atoms with van der Waals surface area (Å²) in [5.41, 5.74) is 1.67. The van der Waals surface area contributed by atoms with Crippen LogP contribution in [0.1, 0.15) is 35.6 Å². The highest BCUT2D eigenvalue weighted by Crippen LogP contribution is 2.17. The Bertz CT molecular complexity index is 1430. The van der Waals surface area contributed by atoms with Gasteiger partial charge in [-0.2, -0.15) is 0 Å². The van der Waals surface area contributed by atoms with Crippen LogP contribution in [-0.4, -0.2) is 49.7 Å². The molecule has 1 aromatic heterocycles. The molecule has 39 heavy (non-hydrogen) atoms. The molecule has 3 amide bonds. The van der Waals surface area contributed by atoms with Crippen molar-refractivity contribution in [3.63, 3.8) is 0 Å². The minimum Gasteiger partial charge on any atom is -0.465 e. The number of nitrogens with zero attached hydrogens (tertiary/aromatic N) is 2. The molecule has 0 aliphatic rings. The van der Waals surface area contributed by atoms with E-state index in [1.165, 1.54) is 24.3 Å². The van der Waals surface area contributed by atoms with Crippen molar-refractivity contribution in [3.8, 4) is 0 Å². The van der Waals surface area contributed by atoms with Gasteiger partial charge in [-0.15, -0.1) is 0 Å². The first-order chi connectivity index (χ1) is 18.3. The van der Waals surface area contributed by atoms with Crippen molar-refractivity contribution in [1.82, 2.24) is 14.7 Å². The topological polar surface area (TPSA) is 166 Å². The fourth-order valence-electron chi connectivity index (χ4n) is 2.99. The van der Waals surface area contributed by atoms with Gasteiger partial charge in [0.1, 0.15) is 4.90 Å². The van der Waals surface area contributed by atoms with Gasteiger partial charge in [-0.3, -0.25) is 10.6 Å². The smallest absolute Gasteiger partial charge is 0.411 e. The van der Waals surface area contributed by atoms with Crippen LogP contribution < -0.4 is 15.4 Å². The van der Waals surface area contributed by atoms with Crippen molar-refractivity contribution in [3.05, 3.63) is 76.6 Å². The zero-order valence-electron chi connectivity index (χ0n) is 21.8. The van der Waals surface area contributed by atoms with Gasteiger partial charge in [0.2, 0.25) is 5.95 Å². The number of methoxy groups -OCH3 is 1. The van der Waals surface area contributed by atoms with Crippen molar-refractivity contribution in [1.29, 1.82) is 0 Å². The number of aryl methyl sites for hydroxylation is 2. The average molecular weight is 578 g/mol. The van der Waals surface area contributed by atoms with Crippen LogP contribution in [0.15, 0.2) is 59.5 Å². The van der Waals surface area contributed by atoms with Crippen molar-refractivity contribution < 1.29 is 32.3 Å². The third kappa shape index (κ3) is 10.2. The van der Waals surface area contributed by atoms with Gasteiger partial charge < -0.3 is 9.47 Å². The van der Waals surface area contributed by atoms with Gasteiger partial charge in [0.15, 0.2) is 0 Å². The summed E-state index contributed by atoms with van der Waals surface area (Å²) in [5, 5.41) is 5.39. The summed E-state index contributed by atoms with van der Waals surface area (Å²) < 4.78 is 36.0. The van der Waals surface area contributed by atoms with Crippen LogP contribution in [0.25, 0.3) is 0 Å². The van der Waals surface area contributed by atoms with Crippen molar-refractivity contribution in [2.24, 2.45) is 0 Å². The van der Waals surface area contributed by atoms with E-state index in [4.69, 9.17) is 16.3 Å². The van der Waals surface area contributed by atoms with Gasteiger partial charge in [-0.1, -0.05) is 29.8 Å². The standard InChI is InChI=1S/C15H16N4O5S.C10H12ClNO2/c1-9-8-10(2)17-14(16-9)18-15(21)19-25(22,23)12-7-5-4-6-11(12)13(20)24-3;1-7(2)14-10(13)12-9-5-3-4-8(11)6-9/h4-8H,1-3H3,(H2,16,17,18,19,21);3-7H,1-2H3,(H,12,13). The first-order valence-corrected chi connectivity index (χ1v) is 13.2. The third-order valence-electron chi connectivity index (χ3n) is 4.43. The van der Waals surface area contributed by atoms with Crippen LogP contribution in [0.2, 0.25) is 5.02 Å². The average Bonchev–Trinajstić information content (AvgIpc) is 2.82. The van der Waals surface area contributed by atoms with Crippen LogP contribution in [0.5, 0.6) is 0 Å². The number of amides is 3. The van der Waals surface area contributed by atoms with Gasteiger partial charge in [-0.05, 0) is 64.1 Å². The molecule has 14 heteroatoms. The highest BCUT2D eigenvalue weighted by molar-refractivity contribution is 7.90. The van der Waals surface area contributed by atoms with Gasteiger partial charge in [0, 0.05) is 22.1 Å². The van der Waals surface area contributed by atoms with Crippen molar-refractivity contribution >= 4 is 51.4 Å². The molecule has 0 spiro atoms. The van der Waals surface area contributed by atoms with E-state index in [0.29, 0.717) is 22.1 Å². The van der Waals surface area contributed by atoms with Crippen LogP contribution >= 0.6 is 11.6 Å². The molecule has 0 fully saturated rings. The number of benzene rings is 2. The number of rotatable bonds is 6. The molecule has 0 atom stereocenters. The Morgan fingerprint density at radius 1 is 0.923 bits per heavy atom. The van der Waals surface area contributed by atoms with E-state index in [9.17, 15) is 22.8 Å². The summed E-state index contributed by atoms with van der Waals surface area (Å²) in [7, 11) is -3.18. The second kappa shape index (κ2) is 14.1. The monoisotopic (exact) mass is 577 g/mol. The maximum Gasteiger partial charge on any atom is 0.411 e. The summed E-state index contributed by atoms with van der Waals surface area (Å²) in [6.45, 7) is 7.00. The Morgan fingerprint density at radius 2 is 1.56 bits per heavy atom. The van der Waals surface area contributed by atoms with Crippen LogP contribution in [0, 0.1) is 13.8 Å². The van der Waals surface area contributed by atoms with Gasteiger partial charge in [0.25, 0.3) is 10.0 Å². The SMILES string of the molecule is CC(C)OC(=O)Nc1cccc(Cl)c1.COC(=O)c1ccccc1S(=O)(=O)NC(=O)Nc1nc(C)cc(C)n1. The van der Waals surface area contributed by atoms with E-state index in [0.717, 1.165) is 7.11 Å². The lowest BCUT2D eigenvalue weighted by atomic mass is 10.2. The van der Waals surface area contributed by atoms with Crippen molar-refractivity contribution in [2.75, 3.05) is 17.7 Å². The Balaban J connectivity index is 0.000000322. The van der Waals surface area contributed by atoms with Crippen LogP contribution in [0.3, 0.4) is 0 Å². The number of carbonyl (C=O) groups is 3. The first-order valence-electron chi connectivity index (χ1n) is 11.4. The molecule has 1 heterocycles. The number of ether oxygens (including phenoxy) is 2. The molecule has 12 nitrogen and oxygen atoms in total. The van der Waals surface area contributed by atoms with E-state index in [2.05, 4.69) is 25.3 Å². The second-order valence-corrected chi connectivity index (χ2v) is 10.2. The highest BCUT2D eigenvalue weighted by Gasteiger charge is 2.25. The molecule has 0 bridgehead atoms. The molecule has 3 N–H and O–H groups in total. The van der Waals surface area contributed by atoms with E-state index in [1.54, 1.807) is 58.0 Å². The predicted octanol–water partition coefficient (Wildman–Crippen LogP) is 4.69. The largest absolute Gasteiger partial charge is 0.465 e. The Kier molecular flexibility index (Phi) is 11.2. The lowest BCUT2D eigenvalue weighted by Gasteiger charge is -2.11. The molecule has 0 aliphatic heterocycles. The number of halogens is 1.